The molecule has 0 saturated carbocycles. The number of carbonyl (C=O) groups excluding carboxylic acids is 1. The molecule has 1 unspecified atom stereocenters. The number of sulfone groups is 1. The maximum Gasteiger partial charge on any atom is 0.270 e. The van der Waals surface area contributed by atoms with Crippen molar-refractivity contribution in [2.45, 2.75) is 19.4 Å². The Hall–Kier alpha value is -1.96. The van der Waals surface area contributed by atoms with Crippen LogP contribution >= 0.6 is 0 Å². The lowest BCUT2D eigenvalue weighted by Crippen LogP contribution is -2.37. The summed E-state index contributed by atoms with van der Waals surface area (Å²) in [5, 5.41) is 2.65. The lowest BCUT2D eigenvalue weighted by atomic mass is 10.2. The number of hydrogen-bond acceptors (Lipinski definition) is 6. The Morgan fingerprint density at radius 1 is 1.55 bits per heavy atom. The Bertz CT molecular complexity index is 660. The zero-order valence-electron chi connectivity index (χ0n) is 12.5. The number of anilines is 1. The van der Waals surface area contributed by atoms with Gasteiger partial charge in [0.15, 0.2) is 9.84 Å². The van der Waals surface area contributed by atoms with Crippen LogP contribution in [0.1, 0.15) is 23.8 Å². The van der Waals surface area contributed by atoms with Gasteiger partial charge < -0.3 is 10.2 Å². The first-order valence-electron chi connectivity index (χ1n) is 7.15. The van der Waals surface area contributed by atoms with Crippen molar-refractivity contribution >= 4 is 21.6 Å². The van der Waals surface area contributed by atoms with Gasteiger partial charge in [0, 0.05) is 25.2 Å². The maximum atomic E-state index is 11.9. The molecule has 0 bridgehead atoms. The first-order chi connectivity index (χ1) is 10.5. The molecular weight excluding hydrogens is 304 g/mol. The van der Waals surface area contributed by atoms with Gasteiger partial charge in [-0.2, -0.15) is 0 Å². The van der Waals surface area contributed by atoms with Crippen LogP contribution in [0.3, 0.4) is 0 Å². The van der Waals surface area contributed by atoms with E-state index in [1.54, 1.807) is 12.1 Å². The fraction of sp³-hybridized carbons (Fsp3) is 0.500. The van der Waals surface area contributed by atoms with Gasteiger partial charge in [-0.25, -0.2) is 18.4 Å². The van der Waals surface area contributed by atoms with Crippen LogP contribution in [0.25, 0.3) is 0 Å². The summed E-state index contributed by atoms with van der Waals surface area (Å²) < 4.78 is 23.3. The SMILES string of the molecule is C=CCNC(=O)c1cc(N(CC)C2CCS(=O)(=O)C2)ncn1. The fourth-order valence-corrected chi connectivity index (χ4v) is 4.24. The van der Waals surface area contributed by atoms with Gasteiger partial charge in [0.25, 0.3) is 5.91 Å². The van der Waals surface area contributed by atoms with Crippen molar-refractivity contribution in [3.8, 4) is 0 Å². The number of amides is 1. The summed E-state index contributed by atoms with van der Waals surface area (Å²) in [7, 11) is -2.97. The molecule has 1 aromatic heterocycles. The van der Waals surface area contributed by atoms with Crippen LogP contribution in [0.15, 0.2) is 25.0 Å². The number of nitrogens with one attached hydrogen (secondary N) is 1. The Morgan fingerprint density at radius 3 is 2.91 bits per heavy atom. The summed E-state index contributed by atoms with van der Waals surface area (Å²) in [5.74, 6) is 0.594. The number of nitrogens with zero attached hydrogens (tertiary/aromatic N) is 3. The Kier molecular flexibility index (Phi) is 5.12. The van der Waals surface area contributed by atoms with E-state index in [4.69, 9.17) is 0 Å². The van der Waals surface area contributed by atoms with E-state index in [0.717, 1.165) is 0 Å². The second kappa shape index (κ2) is 6.87. The quantitative estimate of drug-likeness (QED) is 0.762. The first-order valence-corrected chi connectivity index (χ1v) is 8.97. The van der Waals surface area contributed by atoms with Crippen LogP contribution < -0.4 is 10.2 Å². The minimum Gasteiger partial charge on any atom is -0.353 e. The van der Waals surface area contributed by atoms with Crippen molar-refractivity contribution < 1.29 is 13.2 Å². The molecule has 1 atom stereocenters. The molecule has 2 heterocycles. The lowest BCUT2D eigenvalue weighted by Gasteiger charge is -2.27. The summed E-state index contributed by atoms with van der Waals surface area (Å²) in [4.78, 5) is 22.0. The molecule has 2 rings (SSSR count). The Morgan fingerprint density at radius 2 is 2.32 bits per heavy atom. The molecule has 0 radical (unpaired) electrons. The van der Waals surface area contributed by atoms with E-state index in [0.29, 0.717) is 25.3 Å². The first kappa shape index (κ1) is 16.4. The maximum absolute atomic E-state index is 11.9. The van der Waals surface area contributed by atoms with E-state index in [9.17, 15) is 13.2 Å². The van der Waals surface area contributed by atoms with Crippen molar-refractivity contribution in [1.29, 1.82) is 0 Å². The van der Waals surface area contributed by atoms with Crippen LogP contribution in [0, 0.1) is 0 Å². The van der Waals surface area contributed by atoms with E-state index in [-0.39, 0.29) is 29.1 Å². The van der Waals surface area contributed by atoms with Crippen molar-refractivity contribution in [3.63, 3.8) is 0 Å². The van der Waals surface area contributed by atoms with Gasteiger partial charge in [-0.1, -0.05) is 6.08 Å². The topological polar surface area (TPSA) is 92.3 Å². The lowest BCUT2D eigenvalue weighted by molar-refractivity contribution is 0.0953. The molecule has 0 spiro atoms. The third kappa shape index (κ3) is 3.82. The van der Waals surface area contributed by atoms with Crippen LogP contribution in [-0.4, -0.2) is 54.9 Å². The molecule has 120 valence electrons. The summed E-state index contributed by atoms with van der Waals surface area (Å²) in [6.45, 7) is 6.45. The molecule has 1 N–H and O–H groups in total. The highest BCUT2D eigenvalue weighted by molar-refractivity contribution is 7.91. The van der Waals surface area contributed by atoms with Crippen molar-refractivity contribution in [2.24, 2.45) is 0 Å². The minimum atomic E-state index is -2.97. The zero-order valence-corrected chi connectivity index (χ0v) is 13.3. The molecular formula is C14H20N4O3S. The molecule has 8 heteroatoms. The van der Waals surface area contributed by atoms with E-state index >= 15 is 0 Å². The molecule has 1 aromatic rings. The van der Waals surface area contributed by atoms with Crippen LogP contribution in [-0.2, 0) is 9.84 Å². The molecule has 22 heavy (non-hydrogen) atoms. The standard InChI is InChI=1S/C14H20N4O3S/c1-3-6-15-14(19)12-8-13(17-10-16-12)18(4-2)11-5-7-22(20,21)9-11/h3,8,10-11H,1,4-7,9H2,2H3,(H,15,19). The highest BCUT2D eigenvalue weighted by Gasteiger charge is 2.32. The minimum absolute atomic E-state index is 0.103. The van der Waals surface area contributed by atoms with E-state index < -0.39 is 9.84 Å². The average Bonchev–Trinajstić information content (AvgIpc) is 2.86. The van der Waals surface area contributed by atoms with Crippen molar-refractivity contribution in [2.75, 3.05) is 29.5 Å². The number of aromatic nitrogens is 2. The van der Waals surface area contributed by atoms with Crippen molar-refractivity contribution in [3.05, 3.63) is 30.7 Å². The van der Waals surface area contributed by atoms with Gasteiger partial charge in [-0.05, 0) is 13.3 Å². The molecule has 0 aliphatic carbocycles. The smallest absolute Gasteiger partial charge is 0.270 e. The van der Waals surface area contributed by atoms with E-state index in [1.165, 1.54) is 6.33 Å². The third-order valence-electron chi connectivity index (χ3n) is 3.58. The second-order valence-corrected chi connectivity index (χ2v) is 7.33. The van der Waals surface area contributed by atoms with Gasteiger partial charge in [0.2, 0.25) is 0 Å². The predicted octanol–water partition coefficient (Wildman–Crippen LogP) is 0.406. The number of hydrogen-bond donors (Lipinski definition) is 1. The largest absolute Gasteiger partial charge is 0.353 e. The number of rotatable bonds is 6. The normalized spacial score (nSPS) is 19.6. The second-order valence-electron chi connectivity index (χ2n) is 5.10. The van der Waals surface area contributed by atoms with Gasteiger partial charge in [-0.3, -0.25) is 4.79 Å². The molecule has 1 fully saturated rings. The van der Waals surface area contributed by atoms with Gasteiger partial charge >= 0.3 is 0 Å². The predicted molar refractivity (Wildman–Crippen MR) is 84.6 cm³/mol. The zero-order chi connectivity index (χ0) is 16.2. The summed E-state index contributed by atoms with van der Waals surface area (Å²) in [6.07, 6.45) is 3.49. The third-order valence-corrected chi connectivity index (χ3v) is 5.33. The highest BCUT2D eigenvalue weighted by atomic mass is 32.2. The monoisotopic (exact) mass is 324 g/mol. The molecule has 7 nitrogen and oxygen atoms in total. The molecule has 1 saturated heterocycles. The number of carbonyl (C=O) groups is 1. The molecule has 1 amide bonds. The van der Waals surface area contributed by atoms with Crippen molar-refractivity contribution in [1.82, 2.24) is 15.3 Å². The van der Waals surface area contributed by atoms with E-state index in [1.807, 2.05) is 11.8 Å². The van der Waals surface area contributed by atoms with Crippen LogP contribution in [0.4, 0.5) is 5.82 Å². The van der Waals surface area contributed by atoms with Crippen LogP contribution in [0.2, 0.25) is 0 Å². The van der Waals surface area contributed by atoms with Gasteiger partial charge in [0.05, 0.1) is 11.5 Å². The Labute approximate surface area is 130 Å². The summed E-state index contributed by atoms with van der Waals surface area (Å²) in [5.41, 5.74) is 0.256. The molecule has 1 aliphatic heterocycles. The molecule has 0 aromatic carbocycles. The Balaban J connectivity index is 2.19. The van der Waals surface area contributed by atoms with E-state index in [2.05, 4.69) is 21.9 Å². The highest BCUT2D eigenvalue weighted by Crippen LogP contribution is 2.22. The summed E-state index contributed by atoms with van der Waals surface area (Å²) >= 11 is 0. The fourth-order valence-electron chi connectivity index (χ4n) is 2.51. The summed E-state index contributed by atoms with van der Waals surface area (Å²) in [6, 6.07) is 1.49. The van der Waals surface area contributed by atoms with Gasteiger partial charge in [0.1, 0.15) is 17.8 Å². The molecule has 1 aliphatic rings. The van der Waals surface area contributed by atoms with Gasteiger partial charge in [-0.15, -0.1) is 6.58 Å². The average molecular weight is 324 g/mol. The van der Waals surface area contributed by atoms with Crippen LogP contribution in [0.5, 0.6) is 0 Å².